The van der Waals surface area contributed by atoms with E-state index in [2.05, 4.69) is 13.8 Å². The van der Waals surface area contributed by atoms with Gasteiger partial charge in [0.1, 0.15) is 0 Å². The highest BCUT2D eigenvalue weighted by molar-refractivity contribution is 5.96. The van der Waals surface area contributed by atoms with Crippen LogP contribution < -0.4 is 0 Å². The molecule has 0 saturated heterocycles. The molecule has 0 heterocycles. The minimum atomic E-state index is 0.291. The molecule has 1 atom stereocenters. The van der Waals surface area contributed by atoms with Gasteiger partial charge >= 0.3 is 0 Å². The fourth-order valence-corrected chi connectivity index (χ4v) is 2.43. The Labute approximate surface area is 118 Å². The average molecular weight is 260 g/mol. The third-order valence-corrected chi connectivity index (χ3v) is 3.68. The van der Waals surface area contributed by atoms with Gasteiger partial charge in [-0.3, -0.25) is 4.79 Å². The number of carbonyl (C=O) groups is 1. The van der Waals surface area contributed by atoms with Gasteiger partial charge in [0.25, 0.3) is 0 Å². The van der Waals surface area contributed by atoms with E-state index in [9.17, 15) is 4.79 Å². The summed E-state index contributed by atoms with van der Waals surface area (Å²) >= 11 is 0. The zero-order valence-corrected chi connectivity index (χ0v) is 12.5. The number of unbranched alkanes of at least 4 members (excludes halogenated alkanes) is 5. The minimum absolute atomic E-state index is 0.291. The predicted octanol–water partition coefficient (Wildman–Crippen LogP) is 5.65. The molecule has 1 rings (SSSR count). The Morgan fingerprint density at radius 3 is 2.32 bits per heavy atom. The normalized spacial score (nSPS) is 12.3. The van der Waals surface area contributed by atoms with E-state index in [0.717, 1.165) is 5.56 Å². The summed E-state index contributed by atoms with van der Waals surface area (Å²) in [6.07, 6.45) is 9.87. The van der Waals surface area contributed by atoms with Crippen LogP contribution in [0.15, 0.2) is 30.3 Å². The van der Waals surface area contributed by atoms with Crippen molar-refractivity contribution in [2.45, 2.75) is 65.2 Å². The zero-order valence-electron chi connectivity index (χ0n) is 12.5. The minimum Gasteiger partial charge on any atom is -0.294 e. The van der Waals surface area contributed by atoms with Crippen LogP contribution in [0.3, 0.4) is 0 Å². The number of hydrogen-bond acceptors (Lipinski definition) is 1. The fourth-order valence-electron chi connectivity index (χ4n) is 2.43. The largest absolute Gasteiger partial charge is 0.294 e. The molecule has 0 fully saturated rings. The van der Waals surface area contributed by atoms with E-state index in [1.54, 1.807) is 0 Å². The van der Waals surface area contributed by atoms with Crippen LogP contribution in [0.2, 0.25) is 0 Å². The fraction of sp³-hybridized carbons (Fsp3) is 0.611. The first kappa shape index (κ1) is 15.9. The zero-order chi connectivity index (χ0) is 13.9. The van der Waals surface area contributed by atoms with E-state index >= 15 is 0 Å². The topological polar surface area (TPSA) is 17.1 Å². The first-order valence-electron chi connectivity index (χ1n) is 7.82. The van der Waals surface area contributed by atoms with Crippen molar-refractivity contribution in [2.24, 2.45) is 5.92 Å². The summed E-state index contributed by atoms with van der Waals surface area (Å²) in [4.78, 5) is 12.0. The third kappa shape index (κ3) is 7.15. The number of rotatable bonds is 10. The van der Waals surface area contributed by atoms with Crippen LogP contribution in [0, 0.1) is 5.92 Å². The SMILES string of the molecule is CCCCCCCCC(C)CC(=O)c1ccccc1. The summed E-state index contributed by atoms with van der Waals surface area (Å²) < 4.78 is 0. The molecular weight excluding hydrogens is 232 g/mol. The van der Waals surface area contributed by atoms with Crippen molar-refractivity contribution < 1.29 is 4.79 Å². The average Bonchev–Trinajstić information content (AvgIpc) is 2.43. The van der Waals surface area contributed by atoms with Crippen LogP contribution in [-0.4, -0.2) is 5.78 Å². The lowest BCUT2D eigenvalue weighted by molar-refractivity contribution is 0.0962. The molecule has 19 heavy (non-hydrogen) atoms. The molecular formula is C18H28O. The maximum atomic E-state index is 12.0. The van der Waals surface area contributed by atoms with Gasteiger partial charge in [-0.15, -0.1) is 0 Å². The second-order valence-electron chi connectivity index (χ2n) is 5.65. The summed E-state index contributed by atoms with van der Waals surface area (Å²) in [6.45, 7) is 4.45. The van der Waals surface area contributed by atoms with Crippen molar-refractivity contribution in [3.8, 4) is 0 Å². The maximum Gasteiger partial charge on any atom is 0.163 e. The Balaban J connectivity index is 2.14. The first-order chi connectivity index (χ1) is 9.24. The van der Waals surface area contributed by atoms with E-state index in [4.69, 9.17) is 0 Å². The van der Waals surface area contributed by atoms with E-state index in [1.807, 2.05) is 30.3 Å². The molecule has 106 valence electrons. The van der Waals surface area contributed by atoms with Gasteiger partial charge in [0.05, 0.1) is 0 Å². The number of carbonyl (C=O) groups excluding carboxylic acids is 1. The molecule has 0 saturated carbocycles. The Hall–Kier alpha value is -1.11. The second-order valence-corrected chi connectivity index (χ2v) is 5.65. The lowest BCUT2D eigenvalue weighted by Gasteiger charge is -2.10. The van der Waals surface area contributed by atoms with E-state index in [-0.39, 0.29) is 0 Å². The van der Waals surface area contributed by atoms with Crippen LogP contribution in [0.4, 0.5) is 0 Å². The molecule has 0 spiro atoms. The smallest absolute Gasteiger partial charge is 0.163 e. The molecule has 0 amide bonds. The molecule has 0 aliphatic rings. The van der Waals surface area contributed by atoms with Gasteiger partial charge in [-0.05, 0) is 5.92 Å². The molecule has 1 aromatic carbocycles. The predicted molar refractivity (Wildman–Crippen MR) is 82.5 cm³/mol. The van der Waals surface area contributed by atoms with Crippen molar-refractivity contribution in [2.75, 3.05) is 0 Å². The molecule has 0 aliphatic carbocycles. The summed E-state index contributed by atoms with van der Waals surface area (Å²) in [7, 11) is 0. The van der Waals surface area contributed by atoms with Gasteiger partial charge in [0, 0.05) is 12.0 Å². The van der Waals surface area contributed by atoms with Gasteiger partial charge in [-0.2, -0.15) is 0 Å². The van der Waals surface area contributed by atoms with Gasteiger partial charge in [-0.1, -0.05) is 89.1 Å². The van der Waals surface area contributed by atoms with Crippen molar-refractivity contribution in [3.63, 3.8) is 0 Å². The van der Waals surface area contributed by atoms with Crippen LogP contribution in [0.25, 0.3) is 0 Å². The summed E-state index contributed by atoms with van der Waals surface area (Å²) in [5.41, 5.74) is 0.859. The quantitative estimate of drug-likeness (QED) is 0.392. The third-order valence-electron chi connectivity index (χ3n) is 3.68. The molecule has 0 aliphatic heterocycles. The van der Waals surface area contributed by atoms with Crippen molar-refractivity contribution in [3.05, 3.63) is 35.9 Å². The number of hydrogen-bond donors (Lipinski definition) is 0. The van der Waals surface area contributed by atoms with Crippen LogP contribution in [-0.2, 0) is 0 Å². The van der Waals surface area contributed by atoms with Crippen LogP contribution in [0.1, 0.15) is 75.6 Å². The Bertz CT molecular complexity index is 342. The Kier molecular flexibility index (Phi) is 8.20. The molecule has 1 heteroatoms. The second kappa shape index (κ2) is 9.77. The molecule has 0 bridgehead atoms. The Morgan fingerprint density at radius 2 is 1.63 bits per heavy atom. The number of ketones is 1. The van der Waals surface area contributed by atoms with Crippen LogP contribution in [0.5, 0.6) is 0 Å². The van der Waals surface area contributed by atoms with Crippen LogP contribution >= 0.6 is 0 Å². The number of Topliss-reactive ketones (excluding diaryl/α,β-unsaturated/α-hetero) is 1. The van der Waals surface area contributed by atoms with Gasteiger partial charge in [0.2, 0.25) is 0 Å². The number of benzene rings is 1. The highest BCUT2D eigenvalue weighted by Crippen LogP contribution is 2.17. The first-order valence-corrected chi connectivity index (χ1v) is 7.82. The molecule has 1 nitrogen and oxygen atoms in total. The summed E-state index contributed by atoms with van der Waals surface area (Å²) in [6, 6.07) is 9.66. The van der Waals surface area contributed by atoms with Crippen molar-refractivity contribution in [1.29, 1.82) is 0 Å². The van der Waals surface area contributed by atoms with Crippen molar-refractivity contribution >= 4 is 5.78 Å². The highest BCUT2D eigenvalue weighted by atomic mass is 16.1. The Morgan fingerprint density at radius 1 is 1.00 bits per heavy atom. The van der Waals surface area contributed by atoms with Gasteiger partial charge in [0.15, 0.2) is 5.78 Å². The summed E-state index contributed by atoms with van der Waals surface area (Å²) in [5.74, 6) is 0.804. The van der Waals surface area contributed by atoms with Gasteiger partial charge in [-0.25, -0.2) is 0 Å². The molecule has 1 unspecified atom stereocenters. The standard InChI is InChI=1S/C18H28O/c1-3-4-5-6-7-9-12-16(2)15-18(19)17-13-10-8-11-14-17/h8,10-11,13-14,16H,3-7,9,12,15H2,1-2H3. The maximum absolute atomic E-state index is 12.0. The van der Waals surface area contributed by atoms with E-state index in [1.165, 1.54) is 44.9 Å². The monoisotopic (exact) mass is 260 g/mol. The van der Waals surface area contributed by atoms with Gasteiger partial charge < -0.3 is 0 Å². The molecule has 0 aromatic heterocycles. The lowest BCUT2D eigenvalue weighted by atomic mass is 9.94. The van der Waals surface area contributed by atoms with E-state index < -0.39 is 0 Å². The van der Waals surface area contributed by atoms with Crippen molar-refractivity contribution in [1.82, 2.24) is 0 Å². The molecule has 0 N–H and O–H groups in total. The molecule has 1 aromatic rings. The summed E-state index contributed by atoms with van der Waals surface area (Å²) in [5, 5.41) is 0. The lowest BCUT2D eigenvalue weighted by Crippen LogP contribution is -2.06. The highest BCUT2D eigenvalue weighted by Gasteiger charge is 2.10. The van der Waals surface area contributed by atoms with E-state index in [0.29, 0.717) is 18.1 Å². The molecule has 0 radical (unpaired) electrons.